The van der Waals surface area contributed by atoms with E-state index in [1.54, 1.807) is 0 Å². The molecule has 0 aliphatic carbocycles. The van der Waals surface area contributed by atoms with Crippen molar-refractivity contribution >= 4 is 36.2 Å². The van der Waals surface area contributed by atoms with Crippen molar-refractivity contribution in [3.63, 3.8) is 0 Å². The molecule has 0 atom stereocenters. The molecule has 1 aliphatic heterocycles. The highest BCUT2D eigenvalue weighted by Gasteiger charge is 2.15. The lowest BCUT2D eigenvalue weighted by Gasteiger charge is -2.01. The molecule has 0 unspecified atom stereocenters. The van der Waals surface area contributed by atoms with Crippen molar-refractivity contribution in [2.24, 2.45) is 0 Å². The van der Waals surface area contributed by atoms with Crippen LogP contribution in [0, 0.1) is 27.7 Å². The van der Waals surface area contributed by atoms with Crippen molar-refractivity contribution in [3.05, 3.63) is 89.7 Å². The lowest BCUT2D eigenvalue weighted by molar-refractivity contribution is -0.138. The summed E-state index contributed by atoms with van der Waals surface area (Å²) in [4.78, 5) is 36.9. The Morgan fingerprint density at radius 2 is 1.32 bits per heavy atom. The number of fused-ring (bicyclic) bond motifs is 8. The highest BCUT2D eigenvalue weighted by molar-refractivity contribution is 5.69. The molecule has 0 spiro atoms. The van der Waals surface area contributed by atoms with Crippen LogP contribution >= 0.6 is 0 Å². The molecule has 6 N–H and O–H groups in total. The molecule has 196 valence electrons. The standard InChI is InChI=1S/C30H32N4O4/c1-15-9-20-12-25-17(3)21(5-7-29(35)36)27(33-25)14-28-22(6-8-30(37)38)18(4)26(34-28)13-24-16(2)10-19(32-24)11-23(15)31-20/h9-14,31-34H,5-8H2,1-4H3,(H,35,36)(H,37,38)/b19-11-,20-12?,23-11?,24-13-,25-12-,26-13?,27-14-,28-14?. The van der Waals surface area contributed by atoms with Crippen LogP contribution in [0.25, 0.3) is 24.3 Å². The molecule has 8 heteroatoms. The fraction of sp³-hybridized carbons (Fsp3) is 0.267. The van der Waals surface area contributed by atoms with Gasteiger partial charge in [-0.15, -0.1) is 0 Å². The molecule has 5 heterocycles. The van der Waals surface area contributed by atoms with Gasteiger partial charge in [-0.1, -0.05) is 0 Å². The van der Waals surface area contributed by atoms with Gasteiger partial charge in [0.2, 0.25) is 0 Å². The number of H-pyrrole nitrogens is 4. The van der Waals surface area contributed by atoms with Crippen molar-refractivity contribution in [1.29, 1.82) is 0 Å². The predicted molar refractivity (Wildman–Crippen MR) is 147 cm³/mol. The number of aromatic nitrogens is 4. The van der Waals surface area contributed by atoms with Gasteiger partial charge in [0.1, 0.15) is 0 Å². The van der Waals surface area contributed by atoms with Gasteiger partial charge in [0.15, 0.2) is 0 Å². The van der Waals surface area contributed by atoms with Crippen LogP contribution in [-0.4, -0.2) is 42.1 Å². The Labute approximate surface area is 219 Å². The van der Waals surface area contributed by atoms with Crippen LogP contribution in [0.3, 0.4) is 0 Å². The van der Waals surface area contributed by atoms with Crippen LogP contribution in [0.2, 0.25) is 0 Å². The van der Waals surface area contributed by atoms with Crippen molar-refractivity contribution in [1.82, 2.24) is 19.9 Å². The SMILES string of the molecule is Cc1cc2[nH]c1/C=c1/cc(C)/c([nH]1)=C/c1[nH]c(c(CCC(=O)O)c1C)/C=c1\[nH]/c(c(C)c1CCC(=O)O)=C\2. The summed E-state index contributed by atoms with van der Waals surface area (Å²) in [5.74, 6) is -1.70. The van der Waals surface area contributed by atoms with Gasteiger partial charge in [0.25, 0.3) is 0 Å². The predicted octanol–water partition coefficient (Wildman–Crippen LogP) is 1.90. The molecular weight excluding hydrogens is 480 g/mol. The summed E-state index contributed by atoms with van der Waals surface area (Å²) >= 11 is 0. The van der Waals surface area contributed by atoms with E-state index in [9.17, 15) is 19.8 Å². The highest BCUT2D eigenvalue weighted by Crippen LogP contribution is 2.22. The van der Waals surface area contributed by atoms with E-state index in [0.29, 0.717) is 12.8 Å². The second kappa shape index (κ2) is 9.78. The van der Waals surface area contributed by atoms with Gasteiger partial charge in [-0.3, -0.25) is 9.59 Å². The Balaban J connectivity index is 1.84. The number of hydrogen-bond donors (Lipinski definition) is 6. The first-order valence-electron chi connectivity index (χ1n) is 12.7. The number of rotatable bonds is 6. The lowest BCUT2D eigenvalue weighted by Crippen LogP contribution is -2.14. The van der Waals surface area contributed by atoms with E-state index in [1.165, 1.54) is 0 Å². The topological polar surface area (TPSA) is 138 Å². The van der Waals surface area contributed by atoms with Gasteiger partial charge in [0.05, 0.1) is 0 Å². The molecule has 4 aromatic rings. The molecule has 5 rings (SSSR count). The first kappa shape index (κ1) is 25.2. The molecule has 0 saturated carbocycles. The Morgan fingerprint density at radius 1 is 0.632 bits per heavy atom. The van der Waals surface area contributed by atoms with Crippen LogP contribution < -0.4 is 21.4 Å². The van der Waals surface area contributed by atoms with Crippen molar-refractivity contribution in [2.45, 2.75) is 53.4 Å². The van der Waals surface area contributed by atoms with Crippen molar-refractivity contribution < 1.29 is 19.8 Å². The third-order valence-electron chi connectivity index (χ3n) is 7.41. The van der Waals surface area contributed by atoms with Gasteiger partial charge < -0.3 is 30.1 Å². The zero-order valence-corrected chi connectivity index (χ0v) is 22.0. The number of aryl methyl sites for hydroxylation is 2. The van der Waals surface area contributed by atoms with Crippen LogP contribution in [0.5, 0.6) is 0 Å². The van der Waals surface area contributed by atoms with E-state index in [1.807, 2.05) is 26.0 Å². The zero-order valence-electron chi connectivity index (χ0n) is 22.0. The fourth-order valence-electron chi connectivity index (χ4n) is 5.26. The third-order valence-corrected chi connectivity index (χ3v) is 7.41. The Hall–Kier alpha value is -4.46. The van der Waals surface area contributed by atoms with Crippen LogP contribution in [0.4, 0.5) is 0 Å². The largest absolute Gasteiger partial charge is 0.481 e. The second-order valence-electron chi connectivity index (χ2n) is 10.1. The lowest BCUT2D eigenvalue weighted by atomic mass is 10.0. The minimum absolute atomic E-state index is 0.0164. The molecule has 0 fully saturated rings. The number of nitrogens with one attached hydrogen (secondary N) is 4. The molecule has 38 heavy (non-hydrogen) atoms. The second-order valence-corrected chi connectivity index (χ2v) is 10.1. The van der Waals surface area contributed by atoms with Gasteiger partial charge in [-0.05, 0) is 110 Å². The average Bonchev–Trinajstić information content (AvgIpc) is 3.53. The number of carboxylic acids is 2. The van der Waals surface area contributed by atoms with Gasteiger partial charge in [0, 0.05) is 57.0 Å². The molecule has 8 bridgehead atoms. The number of carboxylic acid groups (broad SMARTS) is 2. The number of carbonyl (C=O) groups is 2. The normalized spacial score (nSPS) is 15.9. The molecule has 0 amide bonds. The van der Waals surface area contributed by atoms with Crippen molar-refractivity contribution in [2.75, 3.05) is 0 Å². The Kier molecular flexibility index (Phi) is 6.48. The van der Waals surface area contributed by atoms with E-state index in [2.05, 4.69) is 58.1 Å². The van der Waals surface area contributed by atoms with Gasteiger partial charge >= 0.3 is 11.9 Å². The van der Waals surface area contributed by atoms with E-state index < -0.39 is 11.9 Å². The highest BCUT2D eigenvalue weighted by atomic mass is 16.4. The Morgan fingerprint density at radius 3 is 2.03 bits per heavy atom. The average molecular weight is 513 g/mol. The van der Waals surface area contributed by atoms with Crippen LogP contribution in [0.1, 0.15) is 69.0 Å². The number of aromatic amines is 4. The number of hydrogen-bond acceptors (Lipinski definition) is 2. The molecule has 1 aliphatic rings. The summed E-state index contributed by atoms with van der Waals surface area (Å²) in [5.41, 5.74) is 9.75. The summed E-state index contributed by atoms with van der Waals surface area (Å²) in [6.07, 6.45) is 8.98. The number of aliphatic carboxylic acids is 2. The summed E-state index contributed by atoms with van der Waals surface area (Å²) in [5, 5.41) is 22.4. The maximum absolute atomic E-state index is 11.4. The summed E-state index contributed by atoms with van der Waals surface area (Å²) in [6.45, 7) is 8.13. The molecule has 0 aromatic carbocycles. The quantitative estimate of drug-likeness (QED) is 0.207. The molecule has 0 radical (unpaired) electrons. The maximum atomic E-state index is 11.4. The summed E-state index contributed by atoms with van der Waals surface area (Å²) in [7, 11) is 0. The fourth-order valence-corrected chi connectivity index (χ4v) is 5.26. The van der Waals surface area contributed by atoms with E-state index in [4.69, 9.17) is 0 Å². The Bertz CT molecular complexity index is 1820. The molecular formula is C30H32N4O4. The molecule has 4 aromatic heterocycles. The first-order chi connectivity index (χ1) is 18.1. The van der Waals surface area contributed by atoms with Crippen molar-refractivity contribution in [3.8, 4) is 0 Å². The van der Waals surface area contributed by atoms with E-state index in [0.717, 1.165) is 77.6 Å². The molecule has 0 saturated heterocycles. The zero-order chi connectivity index (χ0) is 27.1. The maximum Gasteiger partial charge on any atom is 0.303 e. The van der Waals surface area contributed by atoms with E-state index in [-0.39, 0.29) is 12.8 Å². The van der Waals surface area contributed by atoms with E-state index >= 15 is 0 Å². The minimum atomic E-state index is -0.851. The smallest absolute Gasteiger partial charge is 0.303 e. The first-order valence-corrected chi connectivity index (χ1v) is 12.7. The minimum Gasteiger partial charge on any atom is -0.481 e. The third kappa shape index (κ3) is 4.89. The molecule has 8 nitrogen and oxygen atoms in total. The summed E-state index contributed by atoms with van der Waals surface area (Å²) in [6, 6.07) is 4.21. The van der Waals surface area contributed by atoms with Gasteiger partial charge in [-0.25, -0.2) is 0 Å². The van der Waals surface area contributed by atoms with Gasteiger partial charge in [-0.2, -0.15) is 0 Å². The van der Waals surface area contributed by atoms with Crippen LogP contribution in [-0.2, 0) is 22.4 Å². The van der Waals surface area contributed by atoms with Crippen LogP contribution in [0.15, 0.2) is 12.1 Å². The monoisotopic (exact) mass is 512 g/mol. The summed E-state index contributed by atoms with van der Waals surface area (Å²) < 4.78 is 0.